The van der Waals surface area contributed by atoms with Crippen molar-refractivity contribution in [3.63, 3.8) is 0 Å². The molecule has 4 rings (SSSR count). The zero-order valence-electron chi connectivity index (χ0n) is 16.6. The van der Waals surface area contributed by atoms with Crippen molar-refractivity contribution in [3.8, 4) is 11.6 Å². The third-order valence-electron chi connectivity index (χ3n) is 5.04. The summed E-state index contributed by atoms with van der Waals surface area (Å²) in [6, 6.07) is 10.9. The maximum absolute atomic E-state index is 12.6. The quantitative estimate of drug-likeness (QED) is 0.562. The summed E-state index contributed by atoms with van der Waals surface area (Å²) < 4.78 is 7.13. The molecule has 1 fully saturated rings. The zero-order chi connectivity index (χ0) is 20.9. The summed E-state index contributed by atoms with van der Waals surface area (Å²) in [6.07, 6.45) is 5.88. The van der Waals surface area contributed by atoms with Crippen molar-refractivity contribution >= 4 is 29.3 Å². The molecule has 0 atom stereocenters. The molecule has 2 amide bonds. The number of amides is 2. The average Bonchev–Trinajstić information content (AvgIpc) is 3.49. The van der Waals surface area contributed by atoms with Crippen LogP contribution < -0.4 is 10.6 Å². The Labute approximate surface area is 178 Å². The number of nitrogens with one attached hydrogen (secondary N) is 2. The van der Waals surface area contributed by atoms with Gasteiger partial charge in [0.2, 0.25) is 5.91 Å². The molecule has 1 aliphatic carbocycles. The highest BCUT2D eigenvalue weighted by Gasteiger charge is 2.20. The van der Waals surface area contributed by atoms with E-state index in [0.717, 1.165) is 25.7 Å². The monoisotopic (exact) mass is 425 g/mol. The van der Waals surface area contributed by atoms with Crippen LogP contribution >= 0.6 is 11.8 Å². The number of benzene rings is 1. The van der Waals surface area contributed by atoms with Crippen molar-refractivity contribution < 1.29 is 14.0 Å². The number of para-hydroxylation sites is 1. The topological polar surface area (TPSA) is 102 Å². The second-order valence-electron chi connectivity index (χ2n) is 7.18. The zero-order valence-corrected chi connectivity index (χ0v) is 17.4. The molecule has 0 bridgehead atoms. The van der Waals surface area contributed by atoms with Gasteiger partial charge in [0.25, 0.3) is 5.91 Å². The molecular weight excluding hydrogens is 402 g/mol. The van der Waals surface area contributed by atoms with E-state index in [9.17, 15) is 9.59 Å². The molecule has 9 heteroatoms. The van der Waals surface area contributed by atoms with Gasteiger partial charge in [0.05, 0.1) is 23.3 Å². The van der Waals surface area contributed by atoms with E-state index >= 15 is 0 Å². The van der Waals surface area contributed by atoms with Gasteiger partial charge in [0.1, 0.15) is 0 Å². The highest BCUT2D eigenvalue weighted by molar-refractivity contribution is 7.99. The van der Waals surface area contributed by atoms with E-state index in [1.54, 1.807) is 47.2 Å². The fourth-order valence-corrected chi connectivity index (χ4v) is 4.21. The second kappa shape index (κ2) is 9.17. The van der Waals surface area contributed by atoms with Crippen LogP contribution in [0.15, 0.2) is 52.2 Å². The lowest BCUT2D eigenvalue weighted by Gasteiger charge is -2.15. The van der Waals surface area contributed by atoms with Crippen LogP contribution in [0.4, 0.5) is 5.69 Å². The van der Waals surface area contributed by atoms with Crippen molar-refractivity contribution in [2.24, 2.45) is 7.05 Å². The number of anilines is 1. The summed E-state index contributed by atoms with van der Waals surface area (Å²) >= 11 is 1.27. The molecule has 0 unspecified atom stereocenters. The Kier molecular flexibility index (Phi) is 6.18. The van der Waals surface area contributed by atoms with Crippen molar-refractivity contribution in [1.82, 2.24) is 20.1 Å². The number of thioether (sulfide) groups is 1. The number of aromatic nitrogens is 3. The van der Waals surface area contributed by atoms with E-state index in [4.69, 9.17) is 4.42 Å². The van der Waals surface area contributed by atoms with Gasteiger partial charge in [-0.3, -0.25) is 9.59 Å². The van der Waals surface area contributed by atoms with Crippen LogP contribution in [0.1, 0.15) is 36.0 Å². The van der Waals surface area contributed by atoms with Crippen LogP contribution in [0, 0.1) is 0 Å². The summed E-state index contributed by atoms with van der Waals surface area (Å²) in [4.78, 5) is 25.2. The van der Waals surface area contributed by atoms with Crippen LogP contribution in [-0.2, 0) is 11.8 Å². The summed E-state index contributed by atoms with van der Waals surface area (Å²) in [5, 5.41) is 14.8. The molecule has 0 spiro atoms. The third-order valence-corrected chi connectivity index (χ3v) is 6.07. The fourth-order valence-electron chi connectivity index (χ4n) is 3.50. The van der Waals surface area contributed by atoms with Crippen LogP contribution in [0.25, 0.3) is 11.6 Å². The minimum atomic E-state index is -0.219. The molecule has 1 saturated carbocycles. The van der Waals surface area contributed by atoms with Gasteiger partial charge in [0.15, 0.2) is 16.7 Å². The van der Waals surface area contributed by atoms with Gasteiger partial charge in [-0.25, -0.2) is 0 Å². The first kappa shape index (κ1) is 20.2. The van der Waals surface area contributed by atoms with Crippen molar-refractivity contribution in [3.05, 3.63) is 48.2 Å². The molecule has 3 aromatic rings. The van der Waals surface area contributed by atoms with E-state index < -0.39 is 0 Å². The van der Waals surface area contributed by atoms with Gasteiger partial charge in [-0.05, 0) is 37.1 Å². The number of carbonyl (C=O) groups is 2. The molecular formula is C21H23N5O3S. The summed E-state index contributed by atoms with van der Waals surface area (Å²) in [6.45, 7) is 0. The predicted molar refractivity (Wildman–Crippen MR) is 114 cm³/mol. The third kappa shape index (κ3) is 4.56. The Hall–Kier alpha value is -3.07. The number of rotatable bonds is 7. The Morgan fingerprint density at radius 3 is 2.73 bits per heavy atom. The van der Waals surface area contributed by atoms with E-state index in [-0.39, 0.29) is 23.6 Å². The molecule has 1 aliphatic rings. The molecule has 30 heavy (non-hydrogen) atoms. The van der Waals surface area contributed by atoms with E-state index in [0.29, 0.717) is 28.0 Å². The van der Waals surface area contributed by atoms with Gasteiger partial charge in [0, 0.05) is 13.1 Å². The van der Waals surface area contributed by atoms with Crippen molar-refractivity contribution in [1.29, 1.82) is 0 Å². The molecule has 0 radical (unpaired) electrons. The van der Waals surface area contributed by atoms with Gasteiger partial charge in [-0.1, -0.05) is 36.7 Å². The lowest BCUT2D eigenvalue weighted by Crippen LogP contribution is -2.33. The van der Waals surface area contributed by atoms with Crippen molar-refractivity contribution in [2.45, 2.75) is 36.9 Å². The molecule has 156 valence electrons. The standard InChI is InChI=1S/C21H23N5O3S/c1-26-19(17-11-6-12-29-17)24-25-21(26)30-13-18(27)23-16-10-5-4-9-15(16)20(28)22-14-7-2-3-8-14/h4-6,9-12,14H,2-3,7-8,13H2,1H3,(H,22,28)(H,23,27). The lowest BCUT2D eigenvalue weighted by atomic mass is 10.1. The van der Waals surface area contributed by atoms with Gasteiger partial charge >= 0.3 is 0 Å². The molecule has 2 heterocycles. The second-order valence-corrected chi connectivity index (χ2v) is 8.12. The maximum atomic E-state index is 12.6. The lowest BCUT2D eigenvalue weighted by molar-refractivity contribution is -0.113. The van der Waals surface area contributed by atoms with E-state index in [1.807, 2.05) is 7.05 Å². The number of carbonyl (C=O) groups excluding carboxylic acids is 2. The van der Waals surface area contributed by atoms with Gasteiger partial charge < -0.3 is 19.6 Å². The minimum Gasteiger partial charge on any atom is -0.461 e. The molecule has 1 aromatic carbocycles. The Bertz CT molecular complexity index is 1030. The van der Waals surface area contributed by atoms with Crippen molar-refractivity contribution in [2.75, 3.05) is 11.1 Å². The normalized spacial score (nSPS) is 14.0. The minimum absolute atomic E-state index is 0.142. The number of furan rings is 1. The molecule has 8 nitrogen and oxygen atoms in total. The smallest absolute Gasteiger partial charge is 0.253 e. The van der Waals surface area contributed by atoms with Crippen LogP contribution in [-0.4, -0.2) is 38.4 Å². The highest BCUT2D eigenvalue weighted by atomic mass is 32.2. The highest BCUT2D eigenvalue weighted by Crippen LogP contribution is 2.24. The van der Waals surface area contributed by atoms with E-state index in [2.05, 4.69) is 20.8 Å². The summed E-state index contributed by atoms with van der Waals surface area (Å²) in [5.74, 6) is 0.980. The molecule has 2 N–H and O–H groups in total. The predicted octanol–water partition coefficient (Wildman–Crippen LogP) is 3.48. The first-order valence-corrected chi connectivity index (χ1v) is 10.9. The summed E-state index contributed by atoms with van der Waals surface area (Å²) in [5.41, 5.74) is 0.981. The number of hydrogen-bond acceptors (Lipinski definition) is 6. The van der Waals surface area contributed by atoms with E-state index in [1.165, 1.54) is 11.8 Å². The Morgan fingerprint density at radius 1 is 1.17 bits per heavy atom. The molecule has 0 saturated heterocycles. The van der Waals surface area contributed by atoms with Crippen LogP contribution in [0.5, 0.6) is 0 Å². The maximum Gasteiger partial charge on any atom is 0.253 e. The largest absolute Gasteiger partial charge is 0.461 e. The molecule has 2 aromatic heterocycles. The van der Waals surface area contributed by atoms with Gasteiger partial charge in [-0.2, -0.15) is 0 Å². The molecule has 0 aliphatic heterocycles. The summed E-state index contributed by atoms with van der Waals surface area (Å²) in [7, 11) is 1.82. The Morgan fingerprint density at radius 2 is 1.97 bits per heavy atom. The SMILES string of the molecule is Cn1c(SCC(=O)Nc2ccccc2C(=O)NC2CCCC2)nnc1-c1ccco1. The van der Waals surface area contributed by atoms with Crippen LogP contribution in [0.3, 0.4) is 0 Å². The first-order chi connectivity index (χ1) is 14.6. The Balaban J connectivity index is 1.37. The number of nitrogens with zero attached hydrogens (tertiary/aromatic N) is 3. The first-order valence-electron chi connectivity index (χ1n) is 9.87. The average molecular weight is 426 g/mol. The number of hydrogen-bond donors (Lipinski definition) is 2. The fraction of sp³-hybridized carbons (Fsp3) is 0.333. The van der Waals surface area contributed by atoms with Crippen LogP contribution in [0.2, 0.25) is 0 Å². The van der Waals surface area contributed by atoms with Gasteiger partial charge in [-0.15, -0.1) is 10.2 Å².